The van der Waals surface area contributed by atoms with Crippen molar-refractivity contribution in [3.63, 3.8) is 0 Å². The monoisotopic (exact) mass is 242 g/mol. The highest BCUT2D eigenvalue weighted by atomic mass is 15.4. The molecular formula is C16H22N2. The highest BCUT2D eigenvalue weighted by molar-refractivity contribution is 5.57. The first-order chi connectivity index (χ1) is 8.77. The van der Waals surface area contributed by atoms with Crippen molar-refractivity contribution in [3.05, 3.63) is 42.2 Å². The van der Waals surface area contributed by atoms with Crippen LogP contribution in [0.25, 0.3) is 0 Å². The van der Waals surface area contributed by atoms with Crippen molar-refractivity contribution in [3.8, 4) is 0 Å². The predicted molar refractivity (Wildman–Crippen MR) is 76.4 cm³/mol. The minimum Gasteiger partial charge on any atom is -0.353 e. The molecule has 1 heterocycles. The summed E-state index contributed by atoms with van der Waals surface area (Å²) >= 11 is 0. The van der Waals surface area contributed by atoms with E-state index < -0.39 is 0 Å². The van der Waals surface area contributed by atoms with Gasteiger partial charge < -0.3 is 9.80 Å². The smallest absolute Gasteiger partial charge is 0.103 e. The summed E-state index contributed by atoms with van der Waals surface area (Å²) in [6.45, 7) is 4.50. The van der Waals surface area contributed by atoms with E-state index >= 15 is 0 Å². The first kappa shape index (κ1) is 11.6. The van der Waals surface area contributed by atoms with E-state index in [0.717, 1.165) is 6.04 Å². The van der Waals surface area contributed by atoms with Gasteiger partial charge in [-0.3, -0.25) is 0 Å². The number of nitrogens with zero attached hydrogens (tertiary/aromatic N) is 2. The minimum atomic E-state index is 0.453. The number of hydrogen-bond acceptors (Lipinski definition) is 2. The van der Waals surface area contributed by atoms with Crippen molar-refractivity contribution in [2.75, 3.05) is 4.90 Å². The second kappa shape index (κ2) is 4.68. The molecule has 1 fully saturated rings. The molecule has 0 aromatic heterocycles. The Balaban J connectivity index is 1.80. The van der Waals surface area contributed by atoms with Crippen molar-refractivity contribution < 1.29 is 0 Å². The molecule has 18 heavy (non-hydrogen) atoms. The van der Waals surface area contributed by atoms with Crippen LogP contribution in [-0.2, 0) is 0 Å². The quantitative estimate of drug-likeness (QED) is 0.776. The minimum absolute atomic E-state index is 0.453. The molecule has 2 heteroatoms. The fraction of sp³-hybridized carbons (Fsp3) is 0.500. The van der Waals surface area contributed by atoms with Gasteiger partial charge in [-0.2, -0.15) is 0 Å². The van der Waals surface area contributed by atoms with Crippen LogP contribution in [0.5, 0.6) is 0 Å². The molecule has 1 atom stereocenters. The summed E-state index contributed by atoms with van der Waals surface area (Å²) in [5.41, 5.74) is 2.68. The molecule has 0 bridgehead atoms. The van der Waals surface area contributed by atoms with Crippen LogP contribution in [-0.4, -0.2) is 17.1 Å². The average Bonchev–Trinajstić information content (AvgIpc) is 2.99. The van der Waals surface area contributed by atoms with Crippen molar-refractivity contribution in [1.29, 1.82) is 0 Å². The first-order valence-corrected chi connectivity index (χ1v) is 7.07. The molecule has 0 saturated heterocycles. The van der Waals surface area contributed by atoms with E-state index in [2.05, 4.69) is 60.3 Å². The van der Waals surface area contributed by atoms with Crippen LogP contribution in [0.3, 0.4) is 0 Å². The van der Waals surface area contributed by atoms with Gasteiger partial charge in [-0.15, -0.1) is 0 Å². The Morgan fingerprint density at radius 1 is 1.06 bits per heavy atom. The van der Waals surface area contributed by atoms with E-state index in [1.807, 2.05) is 0 Å². The second-order valence-corrected chi connectivity index (χ2v) is 5.51. The van der Waals surface area contributed by atoms with Crippen molar-refractivity contribution in [2.24, 2.45) is 0 Å². The molecule has 1 aromatic carbocycles. The fourth-order valence-corrected chi connectivity index (χ4v) is 3.31. The lowest BCUT2D eigenvalue weighted by Crippen LogP contribution is -2.41. The predicted octanol–water partition coefficient (Wildman–Crippen LogP) is 3.88. The van der Waals surface area contributed by atoms with E-state index in [1.165, 1.54) is 36.9 Å². The van der Waals surface area contributed by atoms with Crippen molar-refractivity contribution >= 4 is 5.69 Å². The van der Waals surface area contributed by atoms with Crippen LogP contribution < -0.4 is 4.90 Å². The molecule has 1 aromatic rings. The zero-order valence-electron chi connectivity index (χ0n) is 11.3. The normalized spacial score (nSPS) is 24.2. The largest absolute Gasteiger partial charge is 0.353 e. The lowest BCUT2D eigenvalue weighted by Gasteiger charge is -2.34. The van der Waals surface area contributed by atoms with E-state index in [0.29, 0.717) is 6.17 Å². The lowest BCUT2D eigenvalue weighted by atomic mass is 10.1. The molecule has 1 aliphatic carbocycles. The molecule has 1 aliphatic heterocycles. The van der Waals surface area contributed by atoms with Gasteiger partial charge in [0.1, 0.15) is 6.17 Å². The summed E-state index contributed by atoms with van der Waals surface area (Å²) in [4.78, 5) is 4.94. The molecule has 0 spiro atoms. The molecular weight excluding hydrogens is 220 g/mol. The Morgan fingerprint density at radius 2 is 1.78 bits per heavy atom. The van der Waals surface area contributed by atoms with Crippen LogP contribution in [0.2, 0.25) is 0 Å². The summed E-state index contributed by atoms with van der Waals surface area (Å²) in [5, 5.41) is 0. The van der Waals surface area contributed by atoms with Crippen LogP contribution >= 0.6 is 0 Å². The van der Waals surface area contributed by atoms with E-state index in [9.17, 15) is 0 Å². The maximum absolute atomic E-state index is 2.54. The number of hydrogen-bond donors (Lipinski definition) is 0. The Bertz CT molecular complexity index is 446. The van der Waals surface area contributed by atoms with Gasteiger partial charge in [-0.05, 0) is 38.3 Å². The molecule has 0 amide bonds. The van der Waals surface area contributed by atoms with Gasteiger partial charge in [0, 0.05) is 24.1 Å². The topological polar surface area (TPSA) is 6.48 Å². The van der Waals surface area contributed by atoms with E-state index in [1.54, 1.807) is 0 Å². The molecule has 3 rings (SSSR count). The Labute approximate surface area is 110 Å². The third kappa shape index (κ3) is 1.90. The van der Waals surface area contributed by atoms with Crippen molar-refractivity contribution in [2.45, 2.75) is 51.7 Å². The molecule has 0 unspecified atom stereocenters. The molecule has 0 N–H and O–H groups in total. The van der Waals surface area contributed by atoms with Crippen LogP contribution in [0.15, 0.2) is 36.7 Å². The van der Waals surface area contributed by atoms with E-state index in [-0.39, 0.29) is 0 Å². The number of rotatable bonds is 2. The maximum atomic E-state index is 2.54. The fourth-order valence-electron chi connectivity index (χ4n) is 3.31. The Hall–Kier alpha value is -1.44. The van der Waals surface area contributed by atoms with Gasteiger partial charge in [0.15, 0.2) is 0 Å². The summed E-state index contributed by atoms with van der Waals surface area (Å²) in [6, 6.07) is 9.40. The summed E-state index contributed by atoms with van der Waals surface area (Å²) in [5.74, 6) is 0. The second-order valence-electron chi connectivity index (χ2n) is 5.51. The summed E-state index contributed by atoms with van der Waals surface area (Å²) in [7, 11) is 0. The first-order valence-electron chi connectivity index (χ1n) is 7.07. The lowest BCUT2D eigenvalue weighted by molar-refractivity contribution is 0.237. The number of benzene rings is 1. The molecule has 1 saturated carbocycles. The number of aryl methyl sites for hydroxylation is 1. The number of para-hydroxylation sites is 1. The number of anilines is 1. The maximum Gasteiger partial charge on any atom is 0.103 e. The van der Waals surface area contributed by atoms with E-state index in [4.69, 9.17) is 0 Å². The molecule has 96 valence electrons. The van der Waals surface area contributed by atoms with Gasteiger partial charge in [0.05, 0.1) is 0 Å². The molecule has 0 radical (unpaired) electrons. The zero-order valence-corrected chi connectivity index (χ0v) is 11.3. The van der Waals surface area contributed by atoms with Gasteiger partial charge in [-0.25, -0.2) is 0 Å². The summed E-state index contributed by atoms with van der Waals surface area (Å²) in [6.07, 6.45) is 10.5. The average molecular weight is 242 g/mol. The highest BCUT2D eigenvalue weighted by Gasteiger charge is 2.30. The third-order valence-corrected chi connectivity index (χ3v) is 4.37. The standard InChI is InChI=1S/C16H22N2/c1-13-7-3-6-10-16(13)18-12-11-17(14(18)2)15-8-4-5-9-15/h3,6-7,10-12,14-15H,4-5,8-9H2,1-2H3/t14-/m0/s1. The summed E-state index contributed by atoms with van der Waals surface area (Å²) < 4.78 is 0. The van der Waals surface area contributed by atoms with Gasteiger partial charge in [-0.1, -0.05) is 31.0 Å². The molecule has 2 aliphatic rings. The third-order valence-electron chi connectivity index (χ3n) is 4.37. The van der Waals surface area contributed by atoms with Crippen LogP contribution in [0, 0.1) is 6.92 Å². The molecule has 2 nitrogen and oxygen atoms in total. The SMILES string of the molecule is Cc1ccccc1N1C=CN(C2CCCC2)[C@@H]1C. The van der Waals surface area contributed by atoms with Gasteiger partial charge in [0.25, 0.3) is 0 Å². The van der Waals surface area contributed by atoms with Crippen LogP contribution in [0.1, 0.15) is 38.2 Å². The Morgan fingerprint density at radius 3 is 2.50 bits per heavy atom. The van der Waals surface area contributed by atoms with Gasteiger partial charge in [0.2, 0.25) is 0 Å². The van der Waals surface area contributed by atoms with Crippen molar-refractivity contribution in [1.82, 2.24) is 4.90 Å². The Kier molecular flexibility index (Phi) is 3.02. The van der Waals surface area contributed by atoms with Gasteiger partial charge >= 0.3 is 0 Å². The zero-order chi connectivity index (χ0) is 12.5. The van der Waals surface area contributed by atoms with Crippen LogP contribution in [0.4, 0.5) is 5.69 Å². The highest BCUT2D eigenvalue weighted by Crippen LogP contribution is 2.32.